The van der Waals surface area contributed by atoms with Crippen molar-refractivity contribution >= 4 is 11.6 Å². The molecule has 2 fully saturated rings. The maximum absolute atomic E-state index is 12.5. The number of piperazine rings is 1. The highest BCUT2D eigenvalue weighted by molar-refractivity contribution is 5.93. The van der Waals surface area contributed by atoms with Gasteiger partial charge in [-0.1, -0.05) is 31.4 Å². The zero-order valence-electron chi connectivity index (χ0n) is 15.4. The minimum Gasteiger partial charge on any atom is -0.490 e. The van der Waals surface area contributed by atoms with E-state index in [1.807, 2.05) is 24.3 Å². The summed E-state index contributed by atoms with van der Waals surface area (Å²) in [7, 11) is 2.17. The number of benzene rings is 1. The lowest BCUT2D eigenvalue weighted by Crippen LogP contribution is -2.45. The molecule has 5 heteroatoms. The van der Waals surface area contributed by atoms with Gasteiger partial charge in [-0.05, 0) is 32.0 Å². The monoisotopic (exact) mass is 345 g/mol. The van der Waals surface area contributed by atoms with Crippen LogP contribution in [0.15, 0.2) is 24.3 Å². The van der Waals surface area contributed by atoms with Crippen LogP contribution in [0, 0.1) is 5.92 Å². The molecule has 1 aliphatic heterocycles. The van der Waals surface area contributed by atoms with Crippen LogP contribution in [0.5, 0.6) is 5.75 Å². The van der Waals surface area contributed by atoms with Gasteiger partial charge in [0.25, 0.3) is 0 Å². The van der Waals surface area contributed by atoms with Gasteiger partial charge in [0.1, 0.15) is 12.4 Å². The molecule has 1 N–H and O–H groups in total. The van der Waals surface area contributed by atoms with E-state index in [0.717, 1.165) is 57.0 Å². The maximum Gasteiger partial charge on any atom is 0.227 e. The van der Waals surface area contributed by atoms with Crippen molar-refractivity contribution in [3.63, 3.8) is 0 Å². The fourth-order valence-corrected chi connectivity index (χ4v) is 3.65. The number of para-hydroxylation sites is 2. The van der Waals surface area contributed by atoms with Gasteiger partial charge in [0, 0.05) is 38.6 Å². The van der Waals surface area contributed by atoms with Gasteiger partial charge in [0.2, 0.25) is 5.91 Å². The minimum atomic E-state index is 0.148. The molecule has 25 heavy (non-hydrogen) atoms. The average Bonchev–Trinajstić information content (AvgIpc) is 2.65. The molecule has 1 saturated carbocycles. The molecule has 0 unspecified atom stereocenters. The minimum absolute atomic E-state index is 0.148. The first-order valence-electron chi connectivity index (χ1n) is 9.66. The van der Waals surface area contributed by atoms with Crippen molar-refractivity contribution in [2.24, 2.45) is 5.92 Å². The molecule has 1 aromatic rings. The lowest BCUT2D eigenvalue weighted by atomic mass is 9.88. The number of nitrogens with zero attached hydrogens (tertiary/aromatic N) is 2. The van der Waals surface area contributed by atoms with Gasteiger partial charge in [-0.25, -0.2) is 0 Å². The zero-order valence-corrected chi connectivity index (χ0v) is 15.4. The summed E-state index contributed by atoms with van der Waals surface area (Å²) >= 11 is 0. The number of hydrogen-bond donors (Lipinski definition) is 1. The number of carbonyl (C=O) groups is 1. The van der Waals surface area contributed by atoms with E-state index in [9.17, 15) is 4.79 Å². The Kier molecular flexibility index (Phi) is 6.70. The SMILES string of the molecule is CN1CCN(CCOc2ccccc2NC(=O)C2CCCCC2)CC1. The molecule has 0 spiro atoms. The van der Waals surface area contributed by atoms with Crippen LogP contribution in [0.2, 0.25) is 0 Å². The van der Waals surface area contributed by atoms with E-state index in [0.29, 0.717) is 6.61 Å². The largest absolute Gasteiger partial charge is 0.490 e. The Bertz CT molecular complexity index is 550. The van der Waals surface area contributed by atoms with Crippen molar-refractivity contribution in [3.8, 4) is 5.75 Å². The Morgan fingerprint density at radius 3 is 2.60 bits per heavy atom. The number of likely N-dealkylation sites (N-methyl/N-ethyl adjacent to an activating group) is 1. The average molecular weight is 345 g/mol. The van der Waals surface area contributed by atoms with Crippen molar-refractivity contribution in [3.05, 3.63) is 24.3 Å². The molecule has 0 aromatic heterocycles. The topological polar surface area (TPSA) is 44.8 Å². The first-order chi connectivity index (χ1) is 12.2. The van der Waals surface area contributed by atoms with E-state index >= 15 is 0 Å². The second kappa shape index (κ2) is 9.20. The second-order valence-electron chi connectivity index (χ2n) is 7.31. The summed E-state index contributed by atoms with van der Waals surface area (Å²) in [5.74, 6) is 1.09. The summed E-state index contributed by atoms with van der Waals surface area (Å²) in [5.41, 5.74) is 0.802. The number of rotatable bonds is 6. The summed E-state index contributed by atoms with van der Waals surface area (Å²) in [4.78, 5) is 17.3. The zero-order chi connectivity index (χ0) is 17.5. The Morgan fingerprint density at radius 2 is 1.84 bits per heavy atom. The van der Waals surface area contributed by atoms with Crippen molar-refractivity contribution in [1.82, 2.24) is 9.80 Å². The number of hydrogen-bond acceptors (Lipinski definition) is 4. The first-order valence-corrected chi connectivity index (χ1v) is 9.66. The summed E-state index contributed by atoms with van der Waals surface area (Å²) < 4.78 is 5.98. The molecule has 1 heterocycles. The Balaban J connectivity index is 1.49. The quantitative estimate of drug-likeness (QED) is 0.861. The fourth-order valence-electron chi connectivity index (χ4n) is 3.65. The van der Waals surface area contributed by atoms with E-state index < -0.39 is 0 Å². The van der Waals surface area contributed by atoms with Crippen LogP contribution in [-0.2, 0) is 4.79 Å². The molecule has 5 nitrogen and oxygen atoms in total. The number of nitrogens with one attached hydrogen (secondary N) is 1. The summed E-state index contributed by atoms with van der Waals surface area (Å²) in [6.07, 6.45) is 5.62. The molecule has 1 amide bonds. The molecule has 2 aliphatic rings. The highest BCUT2D eigenvalue weighted by Gasteiger charge is 2.22. The van der Waals surface area contributed by atoms with Crippen molar-refractivity contribution in [1.29, 1.82) is 0 Å². The molecular formula is C20H31N3O2. The van der Waals surface area contributed by atoms with Gasteiger partial charge in [0.15, 0.2) is 0 Å². The smallest absolute Gasteiger partial charge is 0.227 e. The Labute approximate surface area is 151 Å². The van der Waals surface area contributed by atoms with Crippen LogP contribution < -0.4 is 10.1 Å². The van der Waals surface area contributed by atoms with E-state index in [1.165, 1.54) is 19.3 Å². The highest BCUT2D eigenvalue weighted by atomic mass is 16.5. The molecule has 0 bridgehead atoms. The second-order valence-corrected chi connectivity index (χ2v) is 7.31. The third-order valence-electron chi connectivity index (χ3n) is 5.38. The van der Waals surface area contributed by atoms with E-state index in [1.54, 1.807) is 0 Å². The molecule has 0 atom stereocenters. The van der Waals surface area contributed by atoms with Gasteiger partial charge in [-0.2, -0.15) is 0 Å². The van der Waals surface area contributed by atoms with Crippen molar-refractivity contribution in [2.75, 3.05) is 51.7 Å². The number of carbonyl (C=O) groups excluding carboxylic acids is 1. The molecule has 3 rings (SSSR count). The molecular weight excluding hydrogens is 314 g/mol. The molecule has 138 valence electrons. The Morgan fingerprint density at radius 1 is 1.12 bits per heavy atom. The van der Waals surface area contributed by atoms with Crippen LogP contribution >= 0.6 is 0 Å². The van der Waals surface area contributed by atoms with E-state index in [2.05, 4.69) is 22.2 Å². The lowest BCUT2D eigenvalue weighted by molar-refractivity contribution is -0.120. The number of amides is 1. The van der Waals surface area contributed by atoms with Gasteiger partial charge in [0.05, 0.1) is 5.69 Å². The first kappa shape index (κ1) is 18.2. The van der Waals surface area contributed by atoms with Crippen LogP contribution in [0.1, 0.15) is 32.1 Å². The number of anilines is 1. The van der Waals surface area contributed by atoms with Gasteiger partial charge >= 0.3 is 0 Å². The third-order valence-corrected chi connectivity index (χ3v) is 5.38. The summed E-state index contributed by atoms with van der Waals surface area (Å²) in [6.45, 7) is 6.01. The molecule has 1 aliphatic carbocycles. The van der Waals surface area contributed by atoms with E-state index in [4.69, 9.17) is 4.74 Å². The normalized spacial score (nSPS) is 20.4. The van der Waals surface area contributed by atoms with Gasteiger partial charge < -0.3 is 15.0 Å². The summed E-state index contributed by atoms with van der Waals surface area (Å²) in [6, 6.07) is 7.79. The van der Waals surface area contributed by atoms with Crippen molar-refractivity contribution < 1.29 is 9.53 Å². The van der Waals surface area contributed by atoms with Gasteiger partial charge in [-0.3, -0.25) is 9.69 Å². The molecule has 1 aromatic carbocycles. The van der Waals surface area contributed by atoms with Crippen LogP contribution in [-0.4, -0.2) is 62.1 Å². The molecule has 0 radical (unpaired) electrons. The van der Waals surface area contributed by atoms with Crippen LogP contribution in [0.25, 0.3) is 0 Å². The predicted octanol–water partition coefficient (Wildman–Crippen LogP) is 2.83. The Hall–Kier alpha value is -1.59. The lowest BCUT2D eigenvalue weighted by Gasteiger charge is -2.32. The van der Waals surface area contributed by atoms with Crippen LogP contribution in [0.3, 0.4) is 0 Å². The third kappa shape index (κ3) is 5.44. The van der Waals surface area contributed by atoms with E-state index in [-0.39, 0.29) is 11.8 Å². The molecule has 1 saturated heterocycles. The van der Waals surface area contributed by atoms with Gasteiger partial charge in [-0.15, -0.1) is 0 Å². The maximum atomic E-state index is 12.5. The van der Waals surface area contributed by atoms with Crippen LogP contribution in [0.4, 0.5) is 5.69 Å². The van der Waals surface area contributed by atoms with Crippen molar-refractivity contribution in [2.45, 2.75) is 32.1 Å². The highest BCUT2D eigenvalue weighted by Crippen LogP contribution is 2.28. The standard InChI is InChI=1S/C20H31N3O2/c1-22-11-13-23(14-12-22)15-16-25-19-10-6-5-9-18(19)21-20(24)17-7-3-2-4-8-17/h5-6,9-10,17H,2-4,7-8,11-16H2,1H3,(H,21,24). The fraction of sp³-hybridized carbons (Fsp3) is 0.650. The predicted molar refractivity (Wildman–Crippen MR) is 101 cm³/mol. The number of ether oxygens (including phenoxy) is 1. The summed E-state index contributed by atoms with van der Waals surface area (Å²) in [5, 5.41) is 3.09.